The van der Waals surface area contributed by atoms with Crippen LogP contribution in [0, 0.1) is 0 Å². The van der Waals surface area contributed by atoms with Gasteiger partial charge in [0.1, 0.15) is 0 Å². The van der Waals surface area contributed by atoms with Gasteiger partial charge in [0.15, 0.2) is 0 Å². The summed E-state index contributed by atoms with van der Waals surface area (Å²) < 4.78 is 0. The predicted molar refractivity (Wildman–Crippen MR) is 11.5 cm³/mol. The van der Waals surface area contributed by atoms with E-state index in [0.717, 1.165) is 0 Å². The Morgan fingerprint density at radius 1 is 1.00 bits per heavy atom. The molecule has 6 radical (unpaired) electrons. The van der Waals surface area contributed by atoms with E-state index in [1.807, 2.05) is 0 Å². The minimum Gasteiger partial charge on any atom is 0 e. The summed E-state index contributed by atoms with van der Waals surface area (Å²) in [5.74, 6) is 0. The van der Waals surface area contributed by atoms with Crippen molar-refractivity contribution in [3.63, 3.8) is 0 Å². The molecule has 0 fully saturated rings. The van der Waals surface area contributed by atoms with E-state index in [1.54, 1.807) is 0 Å². The van der Waals surface area contributed by atoms with Crippen molar-refractivity contribution in [2.75, 3.05) is 0 Å². The second kappa shape index (κ2) is 28.4. The van der Waals surface area contributed by atoms with Gasteiger partial charge in [0.05, 0.1) is 0 Å². The van der Waals surface area contributed by atoms with E-state index in [0.29, 0.717) is 0 Å². The largest absolute Gasteiger partial charge is 0 e. The third kappa shape index (κ3) is 19.6. The second-order valence-corrected chi connectivity index (χ2v) is 0. The van der Waals surface area contributed by atoms with Crippen LogP contribution in [0.2, 0.25) is 0 Å². The van der Waals surface area contributed by atoms with Crippen molar-refractivity contribution in [1.29, 1.82) is 0 Å². The Balaban J connectivity index is 0. The van der Waals surface area contributed by atoms with Gasteiger partial charge in [-0.1, -0.05) is 0 Å². The molecular formula is AlCoMgNiZn. The monoisotopic (exact) mass is 232 g/mol. The molecule has 0 aromatic heterocycles. The molecule has 0 aliphatic rings. The summed E-state index contributed by atoms with van der Waals surface area (Å²) in [5.41, 5.74) is 0. The first-order valence-corrected chi connectivity index (χ1v) is 0. The Morgan fingerprint density at radius 2 is 1.00 bits per heavy atom. The van der Waals surface area contributed by atoms with Gasteiger partial charge in [0, 0.05) is 93.2 Å². The molecule has 0 heterocycles. The zero-order valence-electron chi connectivity index (χ0n) is 2.64. The van der Waals surface area contributed by atoms with Crippen molar-refractivity contribution in [2.45, 2.75) is 0 Å². The summed E-state index contributed by atoms with van der Waals surface area (Å²) >= 11 is 0. The molecule has 5 heteroatoms. The van der Waals surface area contributed by atoms with Crippen LogP contribution in [0.1, 0.15) is 0 Å². The van der Waals surface area contributed by atoms with Gasteiger partial charge in [-0.25, -0.2) is 0 Å². The van der Waals surface area contributed by atoms with Gasteiger partial charge in [-0.05, 0) is 0 Å². The van der Waals surface area contributed by atoms with E-state index < -0.39 is 0 Å². The average molecular weight is 234 g/mol. The quantitative estimate of drug-likeness (QED) is 0.483. The molecule has 0 rings (SSSR count). The summed E-state index contributed by atoms with van der Waals surface area (Å²) in [6, 6.07) is 0. The summed E-state index contributed by atoms with van der Waals surface area (Å²) in [5, 5.41) is 0. The summed E-state index contributed by atoms with van der Waals surface area (Å²) in [6.45, 7) is 0. The minimum absolute atomic E-state index is 0. The van der Waals surface area contributed by atoms with E-state index in [-0.39, 0.29) is 93.2 Å². The fraction of sp³-hybridized carbons (Fsp3) is 0. The summed E-state index contributed by atoms with van der Waals surface area (Å²) in [7, 11) is 0. The molecule has 0 atom stereocenters. The Labute approximate surface area is 91.8 Å². The van der Waals surface area contributed by atoms with Crippen molar-refractivity contribution in [3.8, 4) is 0 Å². The van der Waals surface area contributed by atoms with E-state index in [1.165, 1.54) is 0 Å². The Kier molecular flexibility index (Phi) is 253. The molecule has 0 bridgehead atoms. The van der Waals surface area contributed by atoms with E-state index >= 15 is 0 Å². The molecule has 0 spiro atoms. The average Bonchev–Trinajstić information content (AvgIpc) is 0. The van der Waals surface area contributed by atoms with Crippen LogP contribution in [0.15, 0.2) is 0 Å². The Bertz CT molecular complexity index is 11.6. The predicted octanol–water partition coefficient (Wildman–Crippen LogP) is -0.769. The van der Waals surface area contributed by atoms with Crippen LogP contribution < -0.4 is 0 Å². The van der Waals surface area contributed by atoms with Gasteiger partial charge >= 0.3 is 0 Å². The molecule has 0 aliphatic heterocycles. The molecular weight excluding hydrogens is 234 g/mol. The fourth-order valence-electron chi connectivity index (χ4n) is 0. The molecule has 0 unspecified atom stereocenters. The summed E-state index contributed by atoms with van der Waals surface area (Å²) in [4.78, 5) is 0. The first-order chi connectivity index (χ1) is 0. The van der Waals surface area contributed by atoms with Crippen LogP contribution in [0.5, 0.6) is 0 Å². The van der Waals surface area contributed by atoms with Gasteiger partial charge in [-0.2, -0.15) is 0 Å². The third-order valence-corrected chi connectivity index (χ3v) is 0. The van der Waals surface area contributed by atoms with Crippen molar-refractivity contribution in [3.05, 3.63) is 0 Å². The number of rotatable bonds is 0. The number of hydrogen-bond acceptors (Lipinski definition) is 0. The zero-order valence-corrected chi connectivity index (χ0v) is 10.2. The maximum atomic E-state index is 0. The fourth-order valence-corrected chi connectivity index (χ4v) is 0. The maximum Gasteiger partial charge on any atom is 0 e. The first kappa shape index (κ1) is 44.5. The standard InChI is InChI=1S/Al.Co.Mg.Ni.Zn. The van der Waals surface area contributed by atoms with Crippen molar-refractivity contribution in [1.82, 2.24) is 0 Å². The van der Waals surface area contributed by atoms with Crippen LogP contribution in [0.25, 0.3) is 0 Å². The van der Waals surface area contributed by atoms with Crippen molar-refractivity contribution in [2.24, 2.45) is 0 Å². The number of hydrogen-bond donors (Lipinski definition) is 0. The van der Waals surface area contributed by atoms with Crippen LogP contribution in [0.4, 0.5) is 0 Å². The van der Waals surface area contributed by atoms with Gasteiger partial charge in [0.25, 0.3) is 0 Å². The molecule has 0 nitrogen and oxygen atoms in total. The van der Waals surface area contributed by atoms with Crippen LogP contribution in [-0.2, 0) is 52.7 Å². The molecule has 0 aliphatic carbocycles. The van der Waals surface area contributed by atoms with Crippen LogP contribution >= 0.6 is 0 Å². The second-order valence-electron chi connectivity index (χ2n) is 0. The van der Waals surface area contributed by atoms with Gasteiger partial charge < -0.3 is 0 Å². The third-order valence-electron chi connectivity index (χ3n) is 0. The Morgan fingerprint density at radius 3 is 1.00 bits per heavy atom. The smallest absolute Gasteiger partial charge is 0 e. The Hall–Kier alpha value is 2.92. The van der Waals surface area contributed by atoms with Crippen LogP contribution in [-0.4, -0.2) is 40.4 Å². The molecule has 0 saturated heterocycles. The molecule has 26 valence electrons. The molecule has 0 N–H and O–H groups in total. The molecule has 0 amide bonds. The molecule has 0 aromatic carbocycles. The topological polar surface area (TPSA) is 0 Å². The van der Waals surface area contributed by atoms with Crippen molar-refractivity contribution < 1.29 is 52.7 Å². The zero-order chi connectivity index (χ0) is 0. The molecule has 0 aromatic rings. The normalized spacial score (nSPS) is 0. The van der Waals surface area contributed by atoms with Gasteiger partial charge in [-0.3, -0.25) is 0 Å². The SMILES string of the molecule is [Al].[Co].[Mg].[Ni].[Zn]. The van der Waals surface area contributed by atoms with E-state index in [2.05, 4.69) is 0 Å². The van der Waals surface area contributed by atoms with Gasteiger partial charge in [-0.15, -0.1) is 0 Å². The maximum absolute atomic E-state index is 0. The van der Waals surface area contributed by atoms with E-state index in [4.69, 9.17) is 0 Å². The molecule has 0 saturated carbocycles. The molecule has 5 heavy (non-hydrogen) atoms. The minimum atomic E-state index is 0. The first-order valence-electron chi connectivity index (χ1n) is 0. The van der Waals surface area contributed by atoms with Gasteiger partial charge in [0.2, 0.25) is 0 Å². The van der Waals surface area contributed by atoms with E-state index in [9.17, 15) is 0 Å². The van der Waals surface area contributed by atoms with Crippen LogP contribution in [0.3, 0.4) is 0 Å². The summed E-state index contributed by atoms with van der Waals surface area (Å²) in [6.07, 6.45) is 0. The van der Waals surface area contributed by atoms with Crippen molar-refractivity contribution >= 4 is 40.4 Å².